The van der Waals surface area contributed by atoms with E-state index in [0.717, 1.165) is 0 Å². The molecule has 0 N–H and O–H groups in total. The summed E-state index contributed by atoms with van der Waals surface area (Å²) in [7, 11) is 0. The second-order valence-electron chi connectivity index (χ2n) is 1.65. The molecule has 0 atom stereocenters. The second-order valence-corrected chi connectivity index (χ2v) is 2.06. The summed E-state index contributed by atoms with van der Waals surface area (Å²) in [6, 6.07) is 0. The molecule has 0 aromatic carbocycles. The summed E-state index contributed by atoms with van der Waals surface area (Å²) >= 11 is 4.00. The number of nitrogens with zero attached hydrogens (tertiary/aromatic N) is 1. The Hall–Kier alpha value is -0.910. The fraction of sp³-hybridized carbons (Fsp3) is 0. The van der Waals surface area contributed by atoms with Crippen molar-refractivity contribution in [3.63, 3.8) is 0 Å². The van der Waals surface area contributed by atoms with Crippen molar-refractivity contribution in [1.29, 1.82) is 0 Å². The van der Waals surface area contributed by atoms with Crippen molar-refractivity contribution in [3.05, 3.63) is 23.5 Å². The van der Waals surface area contributed by atoms with Crippen LogP contribution in [0.2, 0.25) is 0 Å². The fourth-order valence-corrected chi connectivity index (χ4v) is 0.636. The molecule has 1 heterocycles. The molecule has 0 aliphatic heterocycles. The van der Waals surface area contributed by atoms with Gasteiger partial charge in [0.1, 0.15) is 0 Å². The first-order valence-corrected chi connectivity index (χ1v) is 2.82. The molecule has 0 aliphatic carbocycles. The predicted octanol–water partition coefficient (Wildman–Crippen LogP) is 1.54. The molecule has 0 fully saturated rings. The van der Waals surface area contributed by atoms with Gasteiger partial charge < -0.3 is 12.6 Å². The molecule has 11 heavy (non-hydrogen) atoms. The van der Waals surface area contributed by atoms with Crippen LogP contribution < -0.4 is 0 Å². The summed E-state index contributed by atoms with van der Waals surface area (Å²) in [6.45, 7) is 0. The average Bonchev–Trinajstić information content (AvgIpc) is 1.97. The van der Waals surface area contributed by atoms with E-state index in [1.54, 1.807) is 0 Å². The summed E-state index contributed by atoms with van der Waals surface area (Å²) in [4.78, 5) is 1.17. The third kappa shape index (κ3) is 1.25. The van der Waals surface area contributed by atoms with Gasteiger partial charge >= 0.3 is 0 Å². The molecule has 0 amide bonds. The number of pyridine rings is 1. The second kappa shape index (κ2) is 2.61. The lowest BCUT2D eigenvalue weighted by Gasteiger charge is -2.08. The Kier molecular flexibility index (Phi) is 1.95. The molecule has 60 valence electrons. The summed E-state index contributed by atoms with van der Waals surface area (Å²) in [5, 5.41) is 0. The first-order valence-electron chi connectivity index (χ1n) is 2.41. The minimum absolute atomic E-state index is 1.12. The van der Waals surface area contributed by atoms with Crippen molar-refractivity contribution in [1.82, 2.24) is 4.98 Å². The summed E-state index contributed by atoms with van der Waals surface area (Å²) in [6.07, 6.45) is 0. The van der Waals surface area contributed by atoms with E-state index in [2.05, 4.69) is 17.6 Å². The highest BCUT2D eigenvalue weighted by molar-refractivity contribution is 7.58. The lowest BCUT2D eigenvalue weighted by Crippen LogP contribution is -2.01. The quantitative estimate of drug-likeness (QED) is 0.343. The van der Waals surface area contributed by atoms with Gasteiger partial charge in [0, 0.05) is 0 Å². The van der Waals surface area contributed by atoms with Gasteiger partial charge in [-0.2, -0.15) is 13.8 Å². The average molecular weight is 182 g/mol. The SMILES string of the molecule is Fc1nc(F)c(F)c([S-])c1F. The number of rotatable bonds is 0. The van der Waals surface area contributed by atoms with Crippen molar-refractivity contribution >= 4 is 12.6 Å². The zero-order chi connectivity index (χ0) is 8.59. The Balaban J connectivity index is 3.46. The van der Waals surface area contributed by atoms with Crippen molar-refractivity contribution in [2.45, 2.75) is 4.90 Å². The van der Waals surface area contributed by atoms with Gasteiger partial charge in [-0.1, -0.05) is 4.90 Å². The van der Waals surface area contributed by atoms with Crippen molar-refractivity contribution in [2.24, 2.45) is 0 Å². The molecule has 0 radical (unpaired) electrons. The smallest absolute Gasteiger partial charge is 0.250 e. The highest BCUT2D eigenvalue weighted by atomic mass is 32.1. The van der Waals surface area contributed by atoms with Crippen LogP contribution in [-0.4, -0.2) is 4.98 Å². The largest absolute Gasteiger partial charge is 0.774 e. The first-order chi connectivity index (χ1) is 5.04. The van der Waals surface area contributed by atoms with Crippen molar-refractivity contribution in [3.8, 4) is 0 Å². The number of halogens is 4. The molecular formula is C5F4NS-. The number of aromatic nitrogens is 1. The van der Waals surface area contributed by atoms with Gasteiger partial charge in [0.2, 0.25) is 11.9 Å². The van der Waals surface area contributed by atoms with Crippen LogP contribution in [0.4, 0.5) is 17.6 Å². The summed E-state index contributed by atoms with van der Waals surface area (Å²) < 4.78 is 48.6. The van der Waals surface area contributed by atoms with Gasteiger partial charge in [-0.3, -0.25) is 0 Å². The van der Waals surface area contributed by atoms with Gasteiger partial charge in [-0.05, 0) is 0 Å². The maximum Gasteiger partial charge on any atom is 0.250 e. The molecule has 0 unspecified atom stereocenters. The van der Waals surface area contributed by atoms with E-state index < -0.39 is 28.4 Å². The Morgan fingerprint density at radius 1 is 0.909 bits per heavy atom. The van der Waals surface area contributed by atoms with E-state index in [4.69, 9.17) is 0 Å². The normalized spacial score (nSPS) is 10.2. The lowest BCUT2D eigenvalue weighted by molar-refractivity contribution is 0.383. The minimum Gasteiger partial charge on any atom is -0.774 e. The van der Waals surface area contributed by atoms with Crippen LogP contribution in [0.15, 0.2) is 4.90 Å². The van der Waals surface area contributed by atoms with Gasteiger partial charge in [0.05, 0.1) is 0 Å². The summed E-state index contributed by atoms with van der Waals surface area (Å²) in [5.41, 5.74) is 0. The van der Waals surface area contributed by atoms with E-state index in [0.29, 0.717) is 0 Å². The van der Waals surface area contributed by atoms with E-state index in [-0.39, 0.29) is 0 Å². The monoisotopic (exact) mass is 182 g/mol. The minimum atomic E-state index is -1.73. The van der Waals surface area contributed by atoms with E-state index >= 15 is 0 Å². The van der Waals surface area contributed by atoms with Gasteiger partial charge in [-0.15, -0.1) is 0 Å². The van der Waals surface area contributed by atoms with Gasteiger partial charge in [0.15, 0.2) is 11.6 Å². The van der Waals surface area contributed by atoms with E-state index in [9.17, 15) is 17.6 Å². The maximum atomic E-state index is 12.2. The van der Waals surface area contributed by atoms with Gasteiger partial charge in [0.25, 0.3) is 0 Å². The van der Waals surface area contributed by atoms with E-state index in [1.807, 2.05) is 0 Å². The topological polar surface area (TPSA) is 12.9 Å². The molecule has 0 aliphatic rings. The van der Waals surface area contributed by atoms with Crippen LogP contribution >= 0.6 is 0 Å². The highest BCUT2D eigenvalue weighted by Crippen LogP contribution is 2.15. The van der Waals surface area contributed by atoms with Crippen LogP contribution in [0.1, 0.15) is 0 Å². The van der Waals surface area contributed by atoms with Gasteiger partial charge in [-0.25, -0.2) is 8.78 Å². The molecule has 1 aromatic rings. The van der Waals surface area contributed by atoms with Crippen LogP contribution in [0.5, 0.6) is 0 Å². The lowest BCUT2D eigenvalue weighted by atomic mass is 10.4. The van der Waals surface area contributed by atoms with E-state index in [1.165, 1.54) is 0 Å². The van der Waals surface area contributed by atoms with Crippen LogP contribution in [0.25, 0.3) is 0 Å². The highest BCUT2D eigenvalue weighted by Gasteiger charge is 2.11. The molecule has 6 heteroatoms. The zero-order valence-electron chi connectivity index (χ0n) is 4.87. The standard InChI is InChI=1S/C5HF4NS/c6-1-3(11)2(7)5(9)10-4(1)8/h(H,10,11)/p-1. The van der Waals surface area contributed by atoms with Crippen LogP contribution in [0.3, 0.4) is 0 Å². The zero-order valence-corrected chi connectivity index (χ0v) is 5.68. The molecule has 0 bridgehead atoms. The summed E-state index contributed by atoms with van der Waals surface area (Å²) in [5.74, 6) is -6.74. The Bertz CT molecular complexity index is 275. The maximum absolute atomic E-state index is 12.2. The third-order valence-electron chi connectivity index (χ3n) is 0.957. The number of hydrogen-bond donors (Lipinski definition) is 0. The Morgan fingerprint density at radius 3 is 1.64 bits per heavy atom. The number of hydrogen-bond acceptors (Lipinski definition) is 2. The fourth-order valence-electron chi connectivity index (χ4n) is 0.468. The van der Waals surface area contributed by atoms with Crippen LogP contribution in [-0.2, 0) is 12.6 Å². The van der Waals surface area contributed by atoms with Crippen LogP contribution in [0, 0.1) is 23.5 Å². The molecular weight excluding hydrogens is 182 g/mol. The third-order valence-corrected chi connectivity index (χ3v) is 1.32. The Morgan fingerprint density at radius 2 is 1.27 bits per heavy atom. The predicted molar refractivity (Wildman–Crippen MR) is 29.7 cm³/mol. The Labute approximate surface area is 64.5 Å². The molecule has 1 aromatic heterocycles. The molecule has 0 saturated carbocycles. The van der Waals surface area contributed by atoms with Crippen molar-refractivity contribution in [2.75, 3.05) is 0 Å². The molecule has 0 spiro atoms. The first kappa shape index (κ1) is 8.19. The molecule has 0 saturated heterocycles. The molecule has 1 nitrogen and oxygen atoms in total. The van der Waals surface area contributed by atoms with Crippen molar-refractivity contribution < 1.29 is 17.6 Å². The molecule has 1 rings (SSSR count).